The Balaban J connectivity index is 1.12. The summed E-state index contributed by atoms with van der Waals surface area (Å²) in [4.78, 5) is 4.87. The van der Waals surface area contributed by atoms with Gasteiger partial charge >= 0.3 is 0 Å². The van der Waals surface area contributed by atoms with Crippen molar-refractivity contribution in [3.05, 3.63) is 242 Å². The summed E-state index contributed by atoms with van der Waals surface area (Å²) in [5.41, 5.74) is 22.4. The number of benzene rings is 10. The first kappa shape index (κ1) is 42.8. The molecule has 70 heavy (non-hydrogen) atoms. The Kier molecular flexibility index (Phi) is 10.7. The standard InChI is InChI=1S/C65H52BN3O/c1-43-39-48(65(2,3)4)32-38-58(43)69-59-37-31-47(45-21-11-6-12-22-45)40-56(59)66-63-55(42-61-62(64(63)69)54-27-17-18-28-60(54)70-61)53-36-35-52(68(50-23-13-7-14-24-50)51-25-15-8-16-26-51)41-57(53)67-49-33-29-46(30-34-49)44-19-9-5-10-20-44/h5-42,66-67H,1-4H3. The lowest BCUT2D eigenvalue weighted by atomic mass is 9.57. The first-order valence-electron chi connectivity index (χ1n) is 24.3. The second-order valence-corrected chi connectivity index (χ2v) is 19.5. The van der Waals surface area contributed by atoms with E-state index >= 15 is 0 Å². The number of para-hydroxylation sites is 3. The summed E-state index contributed by atoms with van der Waals surface area (Å²) >= 11 is 0. The number of nitrogens with zero attached hydrogens (tertiary/aromatic N) is 2. The van der Waals surface area contributed by atoms with Crippen LogP contribution >= 0.6 is 0 Å². The molecule has 0 aliphatic carbocycles. The average molecular weight is 902 g/mol. The molecule has 5 heteroatoms. The highest BCUT2D eigenvalue weighted by molar-refractivity contribution is 6.74. The Labute approximate surface area is 411 Å². The molecule has 1 N–H and O–H groups in total. The molecule has 336 valence electrons. The van der Waals surface area contributed by atoms with Crippen molar-refractivity contribution in [3.63, 3.8) is 0 Å². The minimum absolute atomic E-state index is 0.000811. The van der Waals surface area contributed by atoms with E-state index in [9.17, 15) is 0 Å². The van der Waals surface area contributed by atoms with E-state index in [1.54, 1.807) is 0 Å². The highest BCUT2D eigenvalue weighted by atomic mass is 16.3. The van der Waals surface area contributed by atoms with Crippen LogP contribution in [0.5, 0.6) is 0 Å². The van der Waals surface area contributed by atoms with Crippen LogP contribution in [-0.2, 0) is 5.41 Å². The van der Waals surface area contributed by atoms with Crippen molar-refractivity contribution in [1.82, 2.24) is 0 Å². The van der Waals surface area contributed by atoms with E-state index in [-0.39, 0.29) is 5.41 Å². The number of rotatable bonds is 9. The molecule has 10 aromatic carbocycles. The quantitative estimate of drug-likeness (QED) is 0.146. The molecule has 1 aliphatic rings. The molecule has 0 atom stereocenters. The third kappa shape index (κ3) is 7.80. The Hall–Kier alpha value is -8.54. The Morgan fingerprint density at radius 1 is 0.486 bits per heavy atom. The Morgan fingerprint density at radius 3 is 1.73 bits per heavy atom. The van der Waals surface area contributed by atoms with Crippen LogP contribution < -0.4 is 26.0 Å². The zero-order valence-electron chi connectivity index (χ0n) is 39.9. The summed E-state index contributed by atoms with van der Waals surface area (Å²) < 4.78 is 6.96. The van der Waals surface area contributed by atoms with Crippen LogP contribution in [-0.4, -0.2) is 7.28 Å². The molecule has 0 saturated carbocycles. The zero-order chi connectivity index (χ0) is 47.3. The molecule has 0 radical (unpaired) electrons. The summed E-state index contributed by atoms with van der Waals surface area (Å²) in [6.45, 7) is 9.14. The number of furan rings is 1. The largest absolute Gasteiger partial charge is 0.456 e. The number of fused-ring (bicyclic) bond motifs is 6. The smallest absolute Gasteiger partial charge is 0.198 e. The molecule has 0 saturated heterocycles. The van der Waals surface area contributed by atoms with Crippen LogP contribution in [0.2, 0.25) is 0 Å². The Morgan fingerprint density at radius 2 is 1.07 bits per heavy atom. The summed E-state index contributed by atoms with van der Waals surface area (Å²) in [5.74, 6) is 0. The van der Waals surface area contributed by atoms with Crippen LogP contribution in [0, 0.1) is 6.92 Å². The first-order chi connectivity index (χ1) is 34.2. The minimum Gasteiger partial charge on any atom is -0.456 e. The maximum atomic E-state index is 6.96. The van der Waals surface area contributed by atoms with Crippen molar-refractivity contribution >= 4 is 85.6 Å². The van der Waals surface area contributed by atoms with Gasteiger partial charge in [-0.05, 0) is 130 Å². The van der Waals surface area contributed by atoms with Gasteiger partial charge in [0.15, 0.2) is 7.28 Å². The van der Waals surface area contributed by atoms with Gasteiger partial charge < -0.3 is 19.5 Å². The van der Waals surface area contributed by atoms with E-state index < -0.39 is 0 Å². The predicted molar refractivity (Wildman–Crippen MR) is 299 cm³/mol. The number of hydrogen-bond donors (Lipinski definition) is 1. The van der Waals surface area contributed by atoms with Crippen LogP contribution in [0.15, 0.2) is 235 Å². The molecule has 2 heterocycles. The highest BCUT2D eigenvalue weighted by Gasteiger charge is 2.33. The van der Waals surface area contributed by atoms with Crippen LogP contribution in [0.1, 0.15) is 31.9 Å². The van der Waals surface area contributed by atoms with Gasteiger partial charge in [0.25, 0.3) is 0 Å². The third-order valence-corrected chi connectivity index (χ3v) is 13.9. The lowest BCUT2D eigenvalue weighted by molar-refractivity contribution is 0.590. The molecule has 1 aromatic heterocycles. The molecule has 12 rings (SSSR count). The molecule has 0 bridgehead atoms. The topological polar surface area (TPSA) is 31.6 Å². The van der Waals surface area contributed by atoms with E-state index in [1.165, 1.54) is 50.0 Å². The number of hydrogen-bond acceptors (Lipinski definition) is 4. The Bertz CT molecular complexity index is 3650. The van der Waals surface area contributed by atoms with Crippen molar-refractivity contribution in [2.75, 3.05) is 15.1 Å². The second kappa shape index (κ2) is 17.5. The molecular weight excluding hydrogens is 850 g/mol. The molecule has 0 spiro atoms. The molecule has 11 aromatic rings. The van der Waals surface area contributed by atoms with Gasteiger partial charge in [-0.15, -0.1) is 0 Å². The summed E-state index contributed by atoms with van der Waals surface area (Å²) in [6, 6.07) is 83.1. The third-order valence-electron chi connectivity index (χ3n) is 13.9. The van der Waals surface area contributed by atoms with Gasteiger partial charge in [0, 0.05) is 50.8 Å². The van der Waals surface area contributed by atoms with E-state index in [1.807, 2.05) is 0 Å². The maximum absolute atomic E-state index is 6.96. The van der Waals surface area contributed by atoms with Gasteiger partial charge in [-0.2, -0.15) is 0 Å². The fourth-order valence-electron chi connectivity index (χ4n) is 10.4. The zero-order valence-corrected chi connectivity index (χ0v) is 39.9. The van der Waals surface area contributed by atoms with Crippen molar-refractivity contribution in [3.8, 4) is 33.4 Å². The monoisotopic (exact) mass is 901 g/mol. The first-order valence-corrected chi connectivity index (χ1v) is 24.3. The van der Waals surface area contributed by atoms with Gasteiger partial charge in [0.2, 0.25) is 0 Å². The SMILES string of the molecule is Cc1cc(C(C)(C)C)ccc1N1c2ccc(-c3ccccc3)cc2Bc2c(-c3ccc(N(c4ccccc4)c4ccccc4)cc3Nc3ccc(-c4ccccc4)cc3)cc3oc4ccccc4c3c21. The fraction of sp³-hybridized carbons (Fsp3) is 0.0769. The van der Waals surface area contributed by atoms with Gasteiger partial charge in [-0.3, -0.25) is 0 Å². The summed E-state index contributed by atoms with van der Waals surface area (Å²) in [6.07, 6.45) is 0. The van der Waals surface area contributed by atoms with E-state index in [0.717, 1.165) is 80.2 Å². The summed E-state index contributed by atoms with van der Waals surface area (Å²) in [7, 11) is 0.721. The van der Waals surface area contributed by atoms with Crippen LogP contribution in [0.25, 0.3) is 55.3 Å². The van der Waals surface area contributed by atoms with Gasteiger partial charge in [-0.25, -0.2) is 0 Å². The second-order valence-electron chi connectivity index (χ2n) is 19.5. The van der Waals surface area contributed by atoms with Gasteiger partial charge in [0.1, 0.15) is 11.2 Å². The van der Waals surface area contributed by atoms with E-state index in [0.29, 0.717) is 0 Å². The number of anilines is 8. The van der Waals surface area contributed by atoms with Crippen molar-refractivity contribution in [1.29, 1.82) is 0 Å². The van der Waals surface area contributed by atoms with Gasteiger partial charge in [-0.1, -0.05) is 184 Å². The summed E-state index contributed by atoms with van der Waals surface area (Å²) in [5, 5.41) is 6.20. The molecule has 0 fully saturated rings. The molecule has 0 unspecified atom stereocenters. The minimum atomic E-state index is 0.000811. The molecule has 4 nitrogen and oxygen atoms in total. The average Bonchev–Trinajstić information content (AvgIpc) is 3.77. The highest BCUT2D eigenvalue weighted by Crippen LogP contribution is 2.48. The lowest BCUT2D eigenvalue weighted by Gasteiger charge is -2.37. The normalized spacial score (nSPS) is 12.1. The van der Waals surface area contributed by atoms with Crippen molar-refractivity contribution in [2.45, 2.75) is 33.1 Å². The van der Waals surface area contributed by atoms with E-state index in [4.69, 9.17) is 4.42 Å². The van der Waals surface area contributed by atoms with Crippen LogP contribution in [0.4, 0.5) is 45.5 Å². The number of nitrogens with one attached hydrogen (secondary N) is 1. The number of aryl methyl sites for hydroxylation is 1. The van der Waals surface area contributed by atoms with Crippen molar-refractivity contribution in [2.24, 2.45) is 0 Å². The molecular formula is C65H52BN3O. The maximum Gasteiger partial charge on any atom is 0.198 e. The molecule has 0 amide bonds. The fourth-order valence-corrected chi connectivity index (χ4v) is 10.4. The van der Waals surface area contributed by atoms with E-state index in [2.05, 4.69) is 273 Å². The molecule has 1 aliphatic heterocycles. The lowest BCUT2D eigenvalue weighted by Crippen LogP contribution is -2.41. The van der Waals surface area contributed by atoms with Crippen LogP contribution in [0.3, 0.4) is 0 Å². The van der Waals surface area contributed by atoms with Crippen molar-refractivity contribution < 1.29 is 4.42 Å². The predicted octanol–water partition coefficient (Wildman–Crippen LogP) is 16.6. The van der Waals surface area contributed by atoms with Gasteiger partial charge in [0.05, 0.1) is 11.1 Å².